The van der Waals surface area contributed by atoms with Gasteiger partial charge in [-0.3, -0.25) is 14.0 Å². The number of benzene rings is 1. The Morgan fingerprint density at radius 2 is 2.04 bits per heavy atom. The summed E-state index contributed by atoms with van der Waals surface area (Å²) in [5.41, 5.74) is 0.972. The van der Waals surface area contributed by atoms with Gasteiger partial charge in [0.25, 0.3) is 5.56 Å². The highest BCUT2D eigenvalue weighted by atomic mass is 32.1. The molecule has 8 heteroatoms. The first-order valence-corrected chi connectivity index (χ1v) is 8.88. The summed E-state index contributed by atoms with van der Waals surface area (Å²) in [4.78, 5) is 25.8. The maximum atomic E-state index is 12.9. The number of halogens is 1. The number of nitrogens with zero attached hydrogens (tertiary/aromatic N) is 3. The van der Waals surface area contributed by atoms with E-state index >= 15 is 0 Å². The summed E-state index contributed by atoms with van der Waals surface area (Å²) in [6.45, 7) is 1.89. The topological polar surface area (TPSA) is 68.4 Å². The summed E-state index contributed by atoms with van der Waals surface area (Å²) < 4.78 is 15.9. The average molecular weight is 370 g/mol. The second-order valence-corrected chi connectivity index (χ2v) is 6.85. The Labute approximate surface area is 151 Å². The van der Waals surface area contributed by atoms with E-state index in [1.807, 2.05) is 21.9 Å². The molecular formula is C18H15FN4O2S. The van der Waals surface area contributed by atoms with E-state index in [1.54, 1.807) is 30.4 Å². The van der Waals surface area contributed by atoms with Crippen molar-refractivity contribution in [1.82, 2.24) is 19.5 Å². The zero-order valence-corrected chi connectivity index (χ0v) is 14.7. The van der Waals surface area contributed by atoms with E-state index in [-0.39, 0.29) is 30.4 Å². The third-order valence-electron chi connectivity index (χ3n) is 4.15. The van der Waals surface area contributed by atoms with Crippen molar-refractivity contribution in [3.05, 3.63) is 69.3 Å². The number of carbonyl (C=O) groups excluding carboxylic acids is 1. The van der Waals surface area contributed by atoms with Gasteiger partial charge in [-0.2, -0.15) is 5.10 Å². The van der Waals surface area contributed by atoms with Gasteiger partial charge in [0.15, 0.2) is 0 Å². The summed E-state index contributed by atoms with van der Waals surface area (Å²) in [7, 11) is 0. The second kappa shape index (κ2) is 6.38. The molecule has 0 unspecified atom stereocenters. The molecule has 3 heterocycles. The Balaban J connectivity index is 1.56. The maximum Gasteiger partial charge on any atom is 0.291 e. The molecular weight excluding hydrogens is 355 g/mol. The molecule has 4 aromatic rings. The van der Waals surface area contributed by atoms with E-state index in [1.165, 1.54) is 16.8 Å². The quantitative estimate of drug-likeness (QED) is 0.600. The van der Waals surface area contributed by atoms with Crippen LogP contribution in [-0.4, -0.2) is 20.1 Å². The van der Waals surface area contributed by atoms with Crippen LogP contribution < -0.4 is 10.9 Å². The van der Waals surface area contributed by atoms with E-state index < -0.39 is 0 Å². The molecule has 0 aliphatic rings. The average Bonchev–Trinajstić information content (AvgIpc) is 3.20. The Kier molecular flexibility index (Phi) is 4.04. The van der Waals surface area contributed by atoms with Crippen molar-refractivity contribution in [2.24, 2.45) is 0 Å². The van der Waals surface area contributed by atoms with Gasteiger partial charge in [0, 0.05) is 11.9 Å². The monoisotopic (exact) mass is 370 g/mol. The van der Waals surface area contributed by atoms with Gasteiger partial charge in [-0.25, -0.2) is 9.07 Å². The number of amides is 1. The lowest BCUT2D eigenvalue weighted by Crippen LogP contribution is -2.34. The second-order valence-electron chi connectivity index (χ2n) is 5.96. The standard InChI is InChI=1S/C18H15FN4O2S/c1-11-21-22(10-16(24)20-9-12-2-4-14(19)5-3-12)17(25)15-8-13-6-7-26-18(13)23(11)15/h2-8H,9-10H2,1H3,(H,20,24). The predicted octanol–water partition coefficient (Wildman–Crippen LogP) is 2.47. The highest BCUT2D eigenvalue weighted by Crippen LogP contribution is 2.24. The molecule has 0 atom stereocenters. The van der Waals surface area contributed by atoms with Crippen molar-refractivity contribution in [3.8, 4) is 0 Å². The van der Waals surface area contributed by atoms with Crippen molar-refractivity contribution in [2.75, 3.05) is 0 Å². The Hall–Kier alpha value is -3.00. The van der Waals surface area contributed by atoms with Crippen molar-refractivity contribution in [3.63, 3.8) is 0 Å². The molecule has 26 heavy (non-hydrogen) atoms. The fourth-order valence-electron chi connectivity index (χ4n) is 2.90. The molecule has 0 bridgehead atoms. The number of aryl methyl sites for hydroxylation is 1. The first kappa shape index (κ1) is 16.5. The number of thiophene rings is 1. The summed E-state index contributed by atoms with van der Waals surface area (Å²) in [5, 5.41) is 9.94. The van der Waals surface area contributed by atoms with Gasteiger partial charge in [-0.05, 0) is 42.1 Å². The van der Waals surface area contributed by atoms with Crippen LogP contribution in [0.2, 0.25) is 0 Å². The third-order valence-corrected chi connectivity index (χ3v) is 5.06. The summed E-state index contributed by atoms with van der Waals surface area (Å²) in [5.74, 6) is -0.0175. The van der Waals surface area contributed by atoms with E-state index in [4.69, 9.17) is 0 Å². The van der Waals surface area contributed by atoms with E-state index in [9.17, 15) is 14.0 Å². The molecule has 0 aliphatic carbocycles. The van der Waals surface area contributed by atoms with Gasteiger partial charge in [0.05, 0.1) is 0 Å². The highest BCUT2D eigenvalue weighted by molar-refractivity contribution is 7.16. The number of rotatable bonds is 4. The minimum atomic E-state index is -0.332. The van der Waals surface area contributed by atoms with Crippen LogP contribution in [0.25, 0.3) is 15.7 Å². The first-order valence-electron chi connectivity index (χ1n) is 8.00. The minimum absolute atomic E-state index is 0.170. The SMILES string of the molecule is Cc1nn(CC(=O)NCc2ccc(F)cc2)c(=O)c2cc3ccsc3n12. The van der Waals surface area contributed by atoms with Gasteiger partial charge >= 0.3 is 0 Å². The van der Waals surface area contributed by atoms with Crippen LogP contribution in [0.15, 0.2) is 46.6 Å². The van der Waals surface area contributed by atoms with Crippen molar-refractivity contribution in [2.45, 2.75) is 20.0 Å². The van der Waals surface area contributed by atoms with Crippen molar-refractivity contribution in [1.29, 1.82) is 0 Å². The van der Waals surface area contributed by atoms with E-state index in [0.717, 1.165) is 15.8 Å². The van der Waals surface area contributed by atoms with Crippen LogP contribution in [-0.2, 0) is 17.9 Å². The smallest absolute Gasteiger partial charge is 0.291 e. The van der Waals surface area contributed by atoms with Crippen LogP contribution in [0, 0.1) is 12.7 Å². The van der Waals surface area contributed by atoms with Gasteiger partial charge in [0.1, 0.15) is 28.5 Å². The predicted molar refractivity (Wildman–Crippen MR) is 97.8 cm³/mol. The van der Waals surface area contributed by atoms with Gasteiger partial charge < -0.3 is 5.32 Å². The lowest BCUT2D eigenvalue weighted by atomic mass is 10.2. The van der Waals surface area contributed by atoms with Crippen LogP contribution in [0.1, 0.15) is 11.4 Å². The summed E-state index contributed by atoms with van der Waals surface area (Å²) in [6, 6.07) is 9.64. The fraction of sp³-hybridized carbons (Fsp3) is 0.167. The molecule has 0 aliphatic heterocycles. The fourth-order valence-corrected chi connectivity index (χ4v) is 3.84. The molecule has 0 fully saturated rings. The number of hydrogen-bond donors (Lipinski definition) is 1. The van der Waals surface area contributed by atoms with Gasteiger partial charge in [0.2, 0.25) is 5.91 Å². The Morgan fingerprint density at radius 3 is 2.81 bits per heavy atom. The molecule has 132 valence electrons. The highest BCUT2D eigenvalue weighted by Gasteiger charge is 2.14. The molecule has 1 N–H and O–H groups in total. The Bertz CT molecular complexity index is 1170. The zero-order chi connectivity index (χ0) is 18.3. The van der Waals surface area contributed by atoms with Crippen LogP contribution in [0.3, 0.4) is 0 Å². The lowest BCUT2D eigenvalue weighted by molar-refractivity contribution is -0.122. The van der Waals surface area contributed by atoms with Crippen molar-refractivity contribution < 1.29 is 9.18 Å². The largest absolute Gasteiger partial charge is 0.350 e. The van der Waals surface area contributed by atoms with Gasteiger partial charge in [-0.15, -0.1) is 11.3 Å². The zero-order valence-electron chi connectivity index (χ0n) is 13.9. The number of nitrogens with one attached hydrogen (secondary N) is 1. The molecule has 1 amide bonds. The van der Waals surface area contributed by atoms with Crippen LogP contribution in [0.5, 0.6) is 0 Å². The summed E-state index contributed by atoms with van der Waals surface area (Å²) in [6.07, 6.45) is 0. The van der Waals surface area contributed by atoms with E-state index in [0.29, 0.717) is 11.3 Å². The minimum Gasteiger partial charge on any atom is -0.350 e. The molecule has 6 nitrogen and oxygen atoms in total. The number of fused-ring (bicyclic) bond motifs is 3. The first-order chi connectivity index (χ1) is 12.5. The maximum absolute atomic E-state index is 12.9. The third kappa shape index (κ3) is 2.88. The number of aromatic nitrogens is 3. The Morgan fingerprint density at radius 1 is 1.27 bits per heavy atom. The number of carbonyl (C=O) groups is 1. The molecule has 0 saturated heterocycles. The normalized spacial score (nSPS) is 11.3. The van der Waals surface area contributed by atoms with Crippen molar-refractivity contribution >= 4 is 33.0 Å². The molecule has 3 aromatic heterocycles. The van der Waals surface area contributed by atoms with E-state index in [2.05, 4.69) is 10.4 Å². The molecule has 0 saturated carbocycles. The number of hydrogen-bond acceptors (Lipinski definition) is 4. The lowest BCUT2D eigenvalue weighted by Gasteiger charge is -2.09. The molecule has 4 rings (SSSR count). The summed E-state index contributed by atoms with van der Waals surface area (Å²) >= 11 is 1.54. The van der Waals surface area contributed by atoms with Gasteiger partial charge in [-0.1, -0.05) is 12.1 Å². The molecule has 1 aromatic carbocycles. The van der Waals surface area contributed by atoms with Crippen LogP contribution in [0.4, 0.5) is 4.39 Å². The molecule has 0 radical (unpaired) electrons. The van der Waals surface area contributed by atoms with Crippen LogP contribution >= 0.6 is 11.3 Å². The molecule has 0 spiro atoms.